The maximum atomic E-state index is 5.31. The van der Waals surface area contributed by atoms with E-state index >= 15 is 0 Å². The number of benzene rings is 1. The Morgan fingerprint density at radius 2 is 2.04 bits per heavy atom. The molecular formula is C16H19N5O2S2. The van der Waals surface area contributed by atoms with Crippen molar-refractivity contribution in [2.24, 2.45) is 5.92 Å². The van der Waals surface area contributed by atoms with Crippen molar-refractivity contribution < 1.29 is 9.26 Å². The molecule has 0 radical (unpaired) electrons. The third kappa shape index (κ3) is 4.93. The summed E-state index contributed by atoms with van der Waals surface area (Å²) in [5.41, 5.74) is 0.886. The van der Waals surface area contributed by atoms with Gasteiger partial charge in [-0.3, -0.25) is 0 Å². The Morgan fingerprint density at radius 1 is 1.24 bits per heavy atom. The fourth-order valence-corrected chi connectivity index (χ4v) is 3.52. The van der Waals surface area contributed by atoms with Crippen molar-refractivity contribution in [1.29, 1.82) is 0 Å². The third-order valence-corrected chi connectivity index (χ3v) is 5.20. The fraction of sp³-hybridized carbons (Fsp3) is 0.375. The van der Waals surface area contributed by atoms with Crippen molar-refractivity contribution in [2.45, 2.75) is 23.9 Å². The van der Waals surface area contributed by atoms with Crippen molar-refractivity contribution in [2.75, 3.05) is 19.0 Å². The van der Waals surface area contributed by atoms with Crippen LogP contribution >= 0.6 is 23.1 Å². The van der Waals surface area contributed by atoms with Gasteiger partial charge in [-0.05, 0) is 30.2 Å². The minimum Gasteiger partial charge on any atom is -0.497 e. The summed E-state index contributed by atoms with van der Waals surface area (Å²) in [6, 6.07) is 7.54. The number of rotatable bonds is 8. The van der Waals surface area contributed by atoms with Gasteiger partial charge in [-0.15, -0.1) is 10.2 Å². The van der Waals surface area contributed by atoms with Gasteiger partial charge in [0.1, 0.15) is 5.75 Å². The summed E-state index contributed by atoms with van der Waals surface area (Å²) >= 11 is 3.06. The zero-order valence-corrected chi connectivity index (χ0v) is 15.9. The van der Waals surface area contributed by atoms with Gasteiger partial charge in [0.05, 0.1) is 12.9 Å². The van der Waals surface area contributed by atoms with Gasteiger partial charge in [-0.25, -0.2) is 0 Å². The molecule has 1 N–H and O–H groups in total. The second-order valence-corrected chi connectivity index (χ2v) is 7.88. The second-order valence-electron chi connectivity index (χ2n) is 5.68. The molecule has 0 aliphatic rings. The van der Waals surface area contributed by atoms with E-state index in [9.17, 15) is 0 Å². The van der Waals surface area contributed by atoms with Crippen LogP contribution < -0.4 is 10.1 Å². The van der Waals surface area contributed by atoms with Crippen LogP contribution in [0.2, 0.25) is 0 Å². The van der Waals surface area contributed by atoms with Gasteiger partial charge in [0, 0.05) is 12.1 Å². The molecule has 0 saturated heterocycles. The lowest BCUT2D eigenvalue weighted by Crippen LogP contribution is -2.07. The maximum Gasteiger partial charge on any atom is 0.237 e. The molecule has 25 heavy (non-hydrogen) atoms. The smallest absolute Gasteiger partial charge is 0.237 e. The van der Waals surface area contributed by atoms with Gasteiger partial charge in [0.15, 0.2) is 4.34 Å². The number of methoxy groups -OCH3 is 1. The third-order valence-electron chi connectivity index (χ3n) is 3.20. The molecule has 132 valence electrons. The van der Waals surface area contributed by atoms with E-state index in [4.69, 9.17) is 9.26 Å². The lowest BCUT2D eigenvalue weighted by Gasteiger charge is -2.03. The standard InChI is InChI=1S/C16H19N5O2S2/c1-10(2)8-17-15-19-20-16(25-15)24-9-13-18-14(21-23-13)11-4-6-12(22-3)7-5-11/h4-7,10H,8-9H2,1-3H3,(H,17,19). The number of thioether (sulfide) groups is 1. The van der Waals surface area contributed by atoms with Crippen LogP contribution in [0.1, 0.15) is 19.7 Å². The van der Waals surface area contributed by atoms with Gasteiger partial charge in [-0.1, -0.05) is 42.1 Å². The number of ether oxygens (including phenoxy) is 1. The number of hydrogen-bond acceptors (Lipinski definition) is 9. The molecule has 2 aromatic heterocycles. The van der Waals surface area contributed by atoms with Crippen molar-refractivity contribution in [1.82, 2.24) is 20.3 Å². The lowest BCUT2D eigenvalue weighted by atomic mass is 10.2. The van der Waals surface area contributed by atoms with E-state index in [-0.39, 0.29) is 0 Å². The van der Waals surface area contributed by atoms with Crippen molar-refractivity contribution in [3.05, 3.63) is 30.2 Å². The normalized spacial score (nSPS) is 11.0. The minimum atomic E-state index is 0.558. The Morgan fingerprint density at radius 3 is 2.76 bits per heavy atom. The van der Waals surface area contributed by atoms with Gasteiger partial charge in [-0.2, -0.15) is 4.98 Å². The van der Waals surface area contributed by atoms with E-state index in [1.165, 1.54) is 23.1 Å². The molecule has 7 nitrogen and oxygen atoms in total. The highest BCUT2D eigenvalue weighted by molar-refractivity contribution is 8.00. The Kier molecular flexibility index (Phi) is 5.87. The number of anilines is 1. The number of nitrogens with one attached hydrogen (secondary N) is 1. The molecule has 0 atom stereocenters. The van der Waals surface area contributed by atoms with E-state index in [1.54, 1.807) is 7.11 Å². The Hall–Kier alpha value is -2.13. The van der Waals surface area contributed by atoms with Crippen LogP contribution in [0.15, 0.2) is 33.1 Å². The average Bonchev–Trinajstić information content (AvgIpc) is 3.27. The highest BCUT2D eigenvalue weighted by Gasteiger charge is 2.11. The van der Waals surface area contributed by atoms with Crippen LogP contribution in [0.3, 0.4) is 0 Å². The summed E-state index contributed by atoms with van der Waals surface area (Å²) in [4.78, 5) is 4.42. The highest BCUT2D eigenvalue weighted by Crippen LogP contribution is 2.28. The highest BCUT2D eigenvalue weighted by atomic mass is 32.2. The zero-order chi connectivity index (χ0) is 17.6. The summed E-state index contributed by atoms with van der Waals surface area (Å²) in [5, 5.41) is 16.4. The first-order valence-electron chi connectivity index (χ1n) is 7.81. The molecule has 0 amide bonds. The lowest BCUT2D eigenvalue weighted by molar-refractivity contribution is 0.391. The molecule has 0 fully saturated rings. The Labute approximate surface area is 154 Å². The minimum absolute atomic E-state index is 0.558. The molecule has 0 aliphatic heterocycles. The molecule has 0 spiro atoms. The second kappa shape index (κ2) is 8.30. The predicted octanol–water partition coefficient (Wildman–Crippen LogP) is 3.96. The molecule has 0 bridgehead atoms. The van der Waals surface area contributed by atoms with Gasteiger partial charge in [0.25, 0.3) is 0 Å². The maximum absolute atomic E-state index is 5.31. The first kappa shape index (κ1) is 17.7. The molecule has 3 rings (SSSR count). The molecule has 1 aromatic carbocycles. The fourth-order valence-electron chi connectivity index (χ4n) is 1.93. The Balaban J connectivity index is 1.56. The molecule has 2 heterocycles. The van der Waals surface area contributed by atoms with Gasteiger partial charge >= 0.3 is 0 Å². The quantitative estimate of drug-likeness (QED) is 0.591. The van der Waals surface area contributed by atoms with Crippen LogP contribution in [-0.4, -0.2) is 34.0 Å². The largest absolute Gasteiger partial charge is 0.497 e. The van der Waals surface area contributed by atoms with Crippen LogP contribution in [0, 0.1) is 5.92 Å². The molecule has 3 aromatic rings. The van der Waals surface area contributed by atoms with Crippen molar-refractivity contribution in [3.63, 3.8) is 0 Å². The summed E-state index contributed by atoms with van der Waals surface area (Å²) in [6.45, 7) is 5.19. The summed E-state index contributed by atoms with van der Waals surface area (Å²) in [7, 11) is 1.63. The van der Waals surface area contributed by atoms with E-state index in [0.29, 0.717) is 23.4 Å². The summed E-state index contributed by atoms with van der Waals surface area (Å²) in [5.74, 6) is 3.04. The van der Waals surface area contributed by atoms with Crippen LogP contribution in [0.4, 0.5) is 5.13 Å². The van der Waals surface area contributed by atoms with Crippen LogP contribution in [-0.2, 0) is 5.75 Å². The molecule has 9 heteroatoms. The molecule has 0 unspecified atom stereocenters. The van der Waals surface area contributed by atoms with Gasteiger partial charge < -0.3 is 14.6 Å². The average molecular weight is 377 g/mol. The summed E-state index contributed by atoms with van der Waals surface area (Å²) < 4.78 is 11.3. The summed E-state index contributed by atoms with van der Waals surface area (Å²) in [6.07, 6.45) is 0. The monoisotopic (exact) mass is 377 g/mol. The Bertz CT molecular complexity index is 801. The number of aromatic nitrogens is 4. The number of hydrogen-bond donors (Lipinski definition) is 1. The predicted molar refractivity (Wildman–Crippen MR) is 99.1 cm³/mol. The first-order chi connectivity index (χ1) is 12.1. The van der Waals surface area contributed by atoms with Crippen LogP contribution in [0.5, 0.6) is 5.75 Å². The molecule has 0 aliphatic carbocycles. The molecule has 0 saturated carbocycles. The van der Waals surface area contributed by atoms with E-state index < -0.39 is 0 Å². The first-order valence-corrected chi connectivity index (χ1v) is 9.61. The topological polar surface area (TPSA) is 86.0 Å². The SMILES string of the molecule is COc1ccc(-c2noc(CSc3nnc(NCC(C)C)s3)n2)cc1. The molecular weight excluding hydrogens is 358 g/mol. The zero-order valence-electron chi connectivity index (χ0n) is 14.2. The van der Waals surface area contributed by atoms with Crippen molar-refractivity contribution >= 4 is 28.2 Å². The van der Waals surface area contributed by atoms with Gasteiger partial charge in [0.2, 0.25) is 16.8 Å². The van der Waals surface area contributed by atoms with Crippen LogP contribution in [0.25, 0.3) is 11.4 Å². The van der Waals surface area contributed by atoms with Crippen molar-refractivity contribution in [3.8, 4) is 17.1 Å². The van der Waals surface area contributed by atoms with E-state index in [0.717, 1.165) is 27.3 Å². The van der Waals surface area contributed by atoms with E-state index in [1.807, 2.05) is 24.3 Å². The van der Waals surface area contributed by atoms with E-state index in [2.05, 4.69) is 39.5 Å². The number of nitrogens with zero attached hydrogens (tertiary/aromatic N) is 4.